The Bertz CT molecular complexity index is 510. The van der Waals surface area contributed by atoms with Gasteiger partial charge < -0.3 is 9.88 Å². The molecule has 18 heavy (non-hydrogen) atoms. The van der Waals surface area contributed by atoms with E-state index in [1.54, 1.807) is 0 Å². The van der Waals surface area contributed by atoms with Crippen LogP contribution in [0.5, 0.6) is 0 Å². The zero-order valence-corrected chi connectivity index (χ0v) is 11.6. The predicted molar refractivity (Wildman–Crippen MR) is 73.3 cm³/mol. The van der Waals surface area contributed by atoms with Crippen molar-refractivity contribution in [3.8, 4) is 0 Å². The number of nitrogens with zero attached hydrogens (tertiary/aromatic N) is 3. The Balaban J connectivity index is 2.01. The number of aromatic nitrogens is 3. The van der Waals surface area contributed by atoms with Crippen molar-refractivity contribution < 1.29 is 0 Å². The molecule has 1 unspecified atom stereocenters. The number of nitrogens with one attached hydrogen (secondary N) is 1. The second-order valence-corrected chi connectivity index (χ2v) is 4.74. The van der Waals surface area contributed by atoms with Gasteiger partial charge in [-0.2, -0.15) is 5.10 Å². The fourth-order valence-corrected chi connectivity index (χ4v) is 2.17. The van der Waals surface area contributed by atoms with E-state index < -0.39 is 0 Å². The quantitative estimate of drug-likeness (QED) is 0.879. The molecule has 0 aromatic carbocycles. The maximum absolute atomic E-state index is 4.48. The van der Waals surface area contributed by atoms with Crippen LogP contribution in [0.3, 0.4) is 0 Å². The molecular weight excluding hydrogens is 224 g/mol. The summed E-state index contributed by atoms with van der Waals surface area (Å²) in [5.41, 5.74) is 3.69. The van der Waals surface area contributed by atoms with Crippen LogP contribution in [0, 0.1) is 6.92 Å². The summed E-state index contributed by atoms with van der Waals surface area (Å²) in [6.07, 6.45) is 4.21. The minimum Gasteiger partial charge on any atom is -0.353 e. The molecule has 0 aliphatic carbocycles. The fraction of sp³-hybridized carbons (Fsp3) is 0.500. The molecule has 2 aromatic heterocycles. The molecule has 0 bridgehead atoms. The molecule has 1 N–H and O–H groups in total. The van der Waals surface area contributed by atoms with Crippen LogP contribution >= 0.6 is 0 Å². The van der Waals surface area contributed by atoms with Crippen LogP contribution in [0.25, 0.3) is 0 Å². The van der Waals surface area contributed by atoms with Gasteiger partial charge in [-0.3, -0.25) is 4.68 Å². The highest BCUT2D eigenvalue weighted by atomic mass is 15.3. The van der Waals surface area contributed by atoms with E-state index in [1.165, 1.54) is 11.3 Å². The molecule has 0 fully saturated rings. The van der Waals surface area contributed by atoms with E-state index in [0.717, 1.165) is 18.8 Å². The smallest absolute Gasteiger partial charge is 0.0641 e. The number of aryl methyl sites for hydroxylation is 3. The second-order valence-electron chi connectivity index (χ2n) is 4.74. The Kier molecular flexibility index (Phi) is 3.87. The van der Waals surface area contributed by atoms with Crippen molar-refractivity contribution >= 4 is 0 Å². The van der Waals surface area contributed by atoms with Gasteiger partial charge in [-0.1, -0.05) is 0 Å². The molecule has 2 aromatic rings. The van der Waals surface area contributed by atoms with E-state index in [2.05, 4.69) is 67.3 Å². The van der Waals surface area contributed by atoms with Crippen molar-refractivity contribution in [2.45, 2.75) is 39.9 Å². The molecule has 0 amide bonds. The molecule has 2 rings (SSSR count). The normalized spacial score (nSPS) is 12.9. The van der Waals surface area contributed by atoms with Gasteiger partial charge in [-0.25, -0.2) is 0 Å². The first-order valence-electron chi connectivity index (χ1n) is 6.49. The van der Waals surface area contributed by atoms with Gasteiger partial charge in [0.25, 0.3) is 0 Å². The fourth-order valence-electron chi connectivity index (χ4n) is 2.17. The standard InChI is InChI=1S/C14H22N4/c1-5-18-10-14(12(3)16-18)11(2)15-9-13-7-6-8-17(13)4/h6-8,10-11,15H,5,9H2,1-4H3. The molecule has 0 spiro atoms. The van der Waals surface area contributed by atoms with E-state index in [4.69, 9.17) is 0 Å². The Hall–Kier alpha value is -1.55. The largest absolute Gasteiger partial charge is 0.353 e. The van der Waals surface area contributed by atoms with E-state index in [1.807, 2.05) is 4.68 Å². The first-order chi connectivity index (χ1) is 8.61. The summed E-state index contributed by atoms with van der Waals surface area (Å²) in [4.78, 5) is 0. The number of hydrogen-bond acceptors (Lipinski definition) is 2. The average Bonchev–Trinajstić information content (AvgIpc) is 2.92. The second kappa shape index (κ2) is 5.40. The minimum atomic E-state index is 0.320. The van der Waals surface area contributed by atoms with Crippen LogP contribution in [0.1, 0.15) is 36.8 Å². The Morgan fingerprint density at radius 3 is 2.78 bits per heavy atom. The Morgan fingerprint density at radius 1 is 1.44 bits per heavy atom. The highest BCUT2D eigenvalue weighted by molar-refractivity contribution is 5.19. The summed E-state index contributed by atoms with van der Waals surface area (Å²) in [5, 5.41) is 8.03. The van der Waals surface area contributed by atoms with Gasteiger partial charge in [0.15, 0.2) is 0 Å². The summed E-state index contributed by atoms with van der Waals surface area (Å²) in [7, 11) is 2.07. The number of rotatable bonds is 5. The lowest BCUT2D eigenvalue weighted by Gasteiger charge is -2.13. The first kappa shape index (κ1) is 12.9. The Labute approximate surface area is 109 Å². The molecule has 4 nitrogen and oxygen atoms in total. The van der Waals surface area contributed by atoms with Gasteiger partial charge in [0.05, 0.1) is 5.69 Å². The SMILES string of the molecule is CCn1cc(C(C)NCc2cccn2C)c(C)n1. The van der Waals surface area contributed by atoms with Crippen LogP contribution in [0.2, 0.25) is 0 Å². The van der Waals surface area contributed by atoms with Crippen LogP contribution in [0.15, 0.2) is 24.5 Å². The third-order valence-corrected chi connectivity index (χ3v) is 3.42. The lowest BCUT2D eigenvalue weighted by Crippen LogP contribution is -2.19. The van der Waals surface area contributed by atoms with Crippen LogP contribution in [0.4, 0.5) is 0 Å². The zero-order chi connectivity index (χ0) is 13.1. The minimum absolute atomic E-state index is 0.320. The van der Waals surface area contributed by atoms with Gasteiger partial charge in [-0.15, -0.1) is 0 Å². The van der Waals surface area contributed by atoms with Crippen molar-refractivity contribution in [2.75, 3.05) is 0 Å². The van der Waals surface area contributed by atoms with Gasteiger partial charge in [0, 0.05) is 49.8 Å². The molecule has 0 saturated heterocycles. The molecule has 1 atom stereocenters. The molecule has 2 heterocycles. The Morgan fingerprint density at radius 2 is 2.22 bits per heavy atom. The monoisotopic (exact) mass is 246 g/mol. The highest BCUT2D eigenvalue weighted by Gasteiger charge is 2.12. The summed E-state index contributed by atoms with van der Waals surface area (Å²) in [6.45, 7) is 8.17. The maximum Gasteiger partial charge on any atom is 0.0641 e. The van der Waals surface area contributed by atoms with E-state index >= 15 is 0 Å². The van der Waals surface area contributed by atoms with Crippen molar-refractivity contribution in [1.29, 1.82) is 0 Å². The van der Waals surface area contributed by atoms with E-state index in [-0.39, 0.29) is 0 Å². The number of hydrogen-bond donors (Lipinski definition) is 1. The molecule has 0 aliphatic heterocycles. The van der Waals surface area contributed by atoms with Crippen LogP contribution in [-0.4, -0.2) is 14.3 Å². The van der Waals surface area contributed by atoms with Crippen LogP contribution < -0.4 is 5.32 Å². The highest BCUT2D eigenvalue weighted by Crippen LogP contribution is 2.16. The summed E-state index contributed by atoms with van der Waals surface area (Å²) in [6, 6.07) is 4.53. The zero-order valence-electron chi connectivity index (χ0n) is 11.6. The van der Waals surface area contributed by atoms with Gasteiger partial charge >= 0.3 is 0 Å². The van der Waals surface area contributed by atoms with Crippen molar-refractivity contribution in [3.05, 3.63) is 41.5 Å². The molecule has 0 radical (unpaired) electrons. The summed E-state index contributed by atoms with van der Waals surface area (Å²) < 4.78 is 4.13. The predicted octanol–water partition coefficient (Wildman–Crippen LogP) is 2.40. The lowest BCUT2D eigenvalue weighted by molar-refractivity contribution is 0.555. The van der Waals surface area contributed by atoms with Crippen LogP contribution in [-0.2, 0) is 20.1 Å². The molecule has 0 aliphatic rings. The summed E-state index contributed by atoms with van der Waals surface area (Å²) in [5.74, 6) is 0. The third kappa shape index (κ3) is 2.64. The topological polar surface area (TPSA) is 34.8 Å². The maximum atomic E-state index is 4.48. The van der Waals surface area contributed by atoms with Gasteiger partial charge in [0.2, 0.25) is 0 Å². The van der Waals surface area contributed by atoms with E-state index in [0.29, 0.717) is 6.04 Å². The van der Waals surface area contributed by atoms with Gasteiger partial charge in [0.1, 0.15) is 0 Å². The van der Waals surface area contributed by atoms with Crippen molar-refractivity contribution in [2.24, 2.45) is 7.05 Å². The molecular formula is C14H22N4. The third-order valence-electron chi connectivity index (χ3n) is 3.42. The summed E-state index contributed by atoms with van der Waals surface area (Å²) >= 11 is 0. The molecule has 4 heteroatoms. The van der Waals surface area contributed by atoms with E-state index in [9.17, 15) is 0 Å². The lowest BCUT2D eigenvalue weighted by atomic mass is 10.1. The molecule has 98 valence electrons. The van der Waals surface area contributed by atoms with Crippen molar-refractivity contribution in [3.63, 3.8) is 0 Å². The molecule has 0 saturated carbocycles. The first-order valence-corrected chi connectivity index (χ1v) is 6.49. The van der Waals surface area contributed by atoms with Gasteiger partial charge in [-0.05, 0) is 32.9 Å². The average molecular weight is 246 g/mol. The van der Waals surface area contributed by atoms with Crippen molar-refractivity contribution in [1.82, 2.24) is 19.7 Å².